The molecule has 1 aromatic carbocycles. The van der Waals surface area contributed by atoms with E-state index in [0.29, 0.717) is 5.92 Å². The highest BCUT2D eigenvalue weighted by Crippen LogP contribution is 2.26. The van der Waals surface area contributed by atoms with Gasteiger partial charge in [-0.2, -0.15) is 0 Å². The van der Waals surface area contributed by atoms with Gasteiger partial charge in [0.25, 0.3) is 0 Å². The molecule has 0 saturated carbocycles. The van der Waals surface area contributed by atoms with Gasteiger partial charge < -0.3 is 10.1 Å². The predicted octanol–water partition coefficient (Wildman–Crippen LogP) is 3.52. The van der Waals surface area contributed by atoms with E-state index < -0.39 is 0 Å². The van der Waals surface area contributed by atoms with Gasteiger partial charge in [0.1, 0.15) is 0 Å². The summed E-state index contributed by atoms with van der Waals surface area (Å²) in [6.07, 6.45) is 3.31. The number of anilines is 1. The molecule has 1 saturated heterocycles. The molecule has 0 amide bonds. The number of nitrogens with zero attached hydrogens (tertiary/aromatic N) is 2. The fourth-order valence-electron chi connectivity index (χ4n) is 2.35. The number of rotatable bonds is 2. The van der Waals surface area contributed by atoms with Crippen LogP contribution in [0.5, 0.6) is 0 Å². The number of hydrogen-bond donors (Lipinski definition) is 1. The molecule has 0 radical (unpaired) electrons. The molecule has 0 aliphatic carbocycles. The molecular weight excluding hydrogens is 236 g/mol. The molecule has 1 aromatic rings. The Kier molecular flexibility index (Phi) is 5.29. The third kappa shape index (κ3) is 2.91. The summed E-state index contributed by atoms with van der Waals surface area (Å²) >= 11 is 0. The number of halogens is 1. The van der Waals surface area contributed by atoms with Gasteiger partial charge in [0, 0.05) is 18.2 Å². The molecule has 1 aliphatic rings. The molecule has 3 nitrogen and oxygen atoms in total. The van der Waals surface area contributed by atoms with Gasteiger partial charge in [-0.15, -0.1) is 12.4 Å². The van der Waals surface area contributed by atoms with E-state index in [4.69, 9.17) is 0 Å². The third-order valence-corrected chi connectivity index (χ3v) is 3.24. The Bertz CT molecular complexity index is 367. The largest absolute Gasteiger partial charge is 0.409 e. The second kappa shape index (κ2) is 6.50. The quantitative estimate of drug-likeness (QED) is 0.648. The molecule has 17 heavy (non-hydrogen) atoms. The summed E-state index contributed by atoms with van der Waals surface area (Å²) in [5, 5.41) is 12.7. The number of hydrogen-bond acceptors (Lipinski definition) is 2. The minimum atomic E-state index is 0. The van der Waals surface area contributed by atoms with Gasteiger partial charge in [0.2, 0.25) is 0 Å². The molecule has 0 spiro atoms. The lowest BCUT2D eigenvalue weighted by Gasteiger charge is -2.34. The molecule has 2 rings (SSSR count). The lowest BCUT2D eigenvalue weighted by Crippen LogP contribution is -2.41. The molecule has 1 unspecified atom stereocenters. The maximum Gasteiger partial charge on any atom is 0.151 e. The van der Waals surface area contributed by atoms with Gasteiger partial charge in [0.05, 0.1) is 0 Å². The molecule has 1 heterocycles. The normalized spacial score (nSPS) is 22.3. The first-order valence-electron chi connectivity index (χ1n) is 5.91. The van der Waals surface area contributed by atoms with Gasteiger partial charge in [0.15, 0.2) is 5.84 Å². The van der Waals surface area contributed by atoms with Crippen molar-refractivity contribution in [2.24, 2.45) is 11.1 Å². The first-order chi connectivity index (χ1) is 7.86. The highest BCUT2D eigenvalue weighted by molar-refractivity contribution is 5.99. The van der Waals surface area contributed by atoms with Gasteiger partial charge in [-0.3, -0.25) is 0 Å². The zero-order valence-electron chi connectivity index (χ0n) is 10.0. The average molecular weight is 255 g/mol. The van der Waals surface area contributed by atoms with Crippen molar-refractivity contribution in [3.63, 3.8) is 0 Å². The van der Waals surface area contributed by atoms with Crippen LogP contribution in [0.15, 0.2) is 35.5 Å². The number of oxime groups is 1. The Morgan fingerprint density at radius 2 is 2.06 bits per heavy atom. The van der Waals surface area contributed by atoms with Crippen LogP contribution >= 0.6 is 12.4 Å². The monoisotopic (exact) mass is 254 g/mol. The van der Waals surface area contributed by atoms with Crippen molar-refractivity contribution >= 4 is 23.9 Å². The lowest BCUT2D eigenvalue weighted by molar-refractivity contribution is 0.309. The highest BCUT2D eigenvalue weighted by atomic mass is 35.5. The topological polar surface area (TPSA) is 35.8 Å². The Balaban J connectivity index is 0.00000144. The smallest absolute Gasteiger partial charge is 0.151 e. The van der Waals surface area contributed by atoms with Crippen molar-refractivity contribution in [1.82, 2.24) is 0 Å². The van der Waals surface area contributed by atoms with Crippen LogP contribution in [0.4, 0.5) is 5.69 Å². The Hall–Kier alpha value is -1.22. The summed E-state index contributed by atoms with van der Waals surface area (Å²) < 4.78 is 0. The zero-order chi connectivity index (χ0) is 11.4. The minimum absolute atomic E-state index is 0. The fourth-order valence-corrected chi connectivity index (χ4v) is 2.35. The Morgan fingerprint density at radius 3 is 2.65 bits per heavy atom. The summed E-state index contributed by atoms with van der Waals surface area (Å²) in [6, 6.07) is 10.1. The standard InChI is InChI=1S/C13H18N2O.ClH/c1-2-11-7-6-10-15(13(11)14-16)12-8-4-3-5-9-12;/h3-5,8-9,11,16H,2,6-7,10H2,1H3;1H/b14-13+;. The van der Waals surface area contributed by atoms with Gasteiger partial charge >= 0.3 is 0 Å². The number of amidine groups is 1. The van der Waals surface area contributed by atoms with Crippen molar-refractivity contribution in [3.05, 3.63) is 30.3 Å². The van der Waals surface area contributed by atoms with E-state index in [1.54, 1.807) is 0 Å². The average Bonchev–Trinajstić information content (AvgIpc) is 2.38. The molecule has 4 heteroatoms. The van der Waals surface area contributed by atoms with E-state index in [1.165, 1.54) is 0 Å². The summed E-state index contributed by atoms with van der Waals surface area (Å²) in [4.78, 5) is 2.12. The van der Waals surface area contributed by atoms with Gasteiger partial charge in [-0.25, -0.2) is 0 Å². The van der Waals surface area contributed by atoms with E-state index in [-0.39, 0.29) is 12.4 Å². The fraction of sp³-hybridized carbons (Fsp3) is 0.462. The van der Waals surface area contributed by atoms with Crippen LogP contribution in [0, 0.1) is 5.92 Å². The number of piperidine rings is 1. The molecule has 0 aromatic heterocycles. The SMILES string of the molecule is CCC1CCCN(c2ccccc2)/C1=N/O.Cl. The maximum absolute atomic E-state index is 9.17. The minimum Gasteiger partial charge on any atom is -0.409 e. The van der Waals surface area contributed by atoms with E-state index in [2.05, 4.69) is 29.1 Å². The summed E-state index contributed by atoms with van der Waals surface area (Å²) in [5.74, 6) is 1.21. The molecular formula is C13H19ClN2O. The van der Waals surface area contributed by atoms with Crippen LogP contribution in [0.3, 0.4) is 0 Å². The summed E-state index contributed by atoms with van der Waals surface area (Å²) in [5.41, 5.74) is 1.12. The van der Waals surface area contributed by atoms with Crippen molar-refractivity contribution < 1.29 is 5.21 Å². The van der Waals surface area contributed by atoms with Crippen molar-refractivity contribution in [1.29, 1.82) is 0 Å². The van der Waals surface area contributed by atoms with E-state index in [1.807, 2.05) is 18.2 Å². The first kappa shape index (κ1) is 13.8. The van der Waals surface area contributed by atoms with Crippen LogP contribution in [0.25, 0.3) is 0 Å². The lowest BCUT2D eigenvalue weighted by atomic mass is 9.93. The van der Waals surface area contributed by atoms with Crippen LogP contribution in [-0.4, -0.2) is 17.6 Å². The van der Waals surface area contributed by atoms with Crippen LogP contribution in [0.1, 0.15) is 26.2 Å². The molecule has 1 fully saturated rings. The Labute approximate surface area is 109 Å². The summed E-state index contributed by atoms with van der Waals surface area (Å²) in [7, 11) is 0. The van der Waals surface area contributed by atoms with E-state index in [9.17, 15) is 5.21 Å². The van der Waals surface area contributed by atoms with Crippen LogP contribution < -0.4 is 4.90 Å². The molecule has 1 atom stereocenters. The molecule has 94 valence electrons. The Morgan fingerprint density at radius 1 is 1.35 bits per heavy atom. The zero-order valence-corrected chi connectivity index (χ0v) is 10.9. The van der Waals surface area contributed by atoms with Crippen molar-refractivity contribution in [3.8, 4) is 0 Å². The molecule has 1 aliphatic heterocycles. The van der Waals surface area contributed by atoms with Crippen molar-refractivity contribution in [2.75, 3.05) is 11.4 Å². The summed E-state index contributed by atoms with van der Waals surface area (Å²) in [6.45, 7) is 3.09. The maximum atomic E-state index is 9.17. The first-order valence-corrected chi connectivity index (χ1v) is 5.91. The van der Waals surface area contributed by atoms with Crippen LogP contribution in [0.2, 0.25) is 0 Å². The van der Waals surface area contributed by atoms with Crippen molar-refractivity contribution in [2.45, 2.75) is 26.2 Å². The second-order valence-electron chi connectivity index (χ2n) is 4.19. The van der Waals surface area contributed by atoms with E-state index in [0.717, 1.165) is 37.3 Å². The molecule has 1 N–H and O–H groups in total. The molecule has 0 bridgehead atoms. The predicted molar refractivity (Wildman–Crippen MR) is 73.3 cm³/mol. The van der Waals surface area contributed by atoms with Gasteiger partial charge in [-0.1, -0.05) is 30.3 Å². The number of benzene rings is 1. The van der Waals surface area contributed by atoms with Gasteiger partial charge in [-0.05, 0) is 31.4 Å². The van der Waals surface area contributed by atoms with Crippen LogP contribution in [-0.2, 0) is 0 Å². The number of para-hydroxylation sites is 1. The highest BCUT2D eigenvalue weighted by Gasteiger charge is 2.26. The third-order valence-electron chi connectivity index (χ3n) is 3.24. The second-order valence-corrected chi connectivity index (χ2v) is 4.19. The van der Waals surface area contributed by atoms with E-state index >= 15 is 0 Å².